The summed E-state index contributed by atoms with van der Waals surface area (Å²) in [6.45, 7) is 4.35. The Morgan fingerprint density at radius 2 is 1.93 bits per heavy atom. The summed E-state index contributed by atoms with van der Waals surface area (Å²) >= 11 is 0. The minimum atomic E-state index is -0.740. The van der Waals surface area contributed by atoms with E-state index < -0.39 is 6.17 Å². The molecule has 0 bridgehead atoms. The molecule has 2 unspecified atom stereocenters. The quantitative estimate of drug-likeness (QED) is 0.695. The van der Waals surface area contributed by atoms with E-state index in [1.54, 1.807) is 0 Å². The summed E-state index contributed by atoms with van der Waals surface area (Å²) in [7, 11) is 0. The molecule has 1 rings (SSSR count). The Bertz CT molecular complexity index is 260. The summed E-state index contributed by atoms with van der Waals surface area (Å²) in [4.78, 5) is 0. The van der Waals surface area contributed by atoms with E-state index in [0.29, 0.717) is 19.4 Å². The van der Waals surface area contributed by atoms with Gasteiger partial charge in [0.1, 0.15) is 6.17 Å². The number of rotatable bonds is 6. The predicted molar refractivity (Wildman–Crippen MR) is 60.5 cm³/mol. The van der Waals surface area contributed by atoms with Gasteiger partial charge >= 0.3 is 0 Å². The lowest BCUT2D eigenvalue weighted by molar-refractivity contribution is 0.0309. The molecule has 0 heterocycles. The van der Waals surface area contributed by atoms with Gasteiger partial charge in [0, 0.05) is 6.42 Å². The van der Waals surface area contributed by atoms with Crippen molar-refractivity contribution >= 4 is 0 Å². The Hall–Kier alpha value is -0.890. The van der Waals surface area contributed by atoms with Crippen LogP contribution in [0.5, 0.6) is 0 Å². The van der Waals surface area contributed by atoms with Gasteiger partial charge in [0.2, 0.25) is 0 Å². The van der Waals surface area contributed by atoms with Crippen LogP contribution < -0.4 is 0 Å². The molecular weight excluding hydrogens is 191 g/mol. The third kappa shape index (κ3) is 4.93. The first-order valence-corrected chi connectivity index (χ1v) is 5.52. The molecule has 84 valence electrons. The van der Waals surface area contributed by atoms with E-state index in [2.05, 4.69) is 0 Å². The van der Waals surface area contributed by atoms with Crippen LogP contribution in [0.15, 0.2) is 30.3 Å². The van der Waals surface area contributed by atoms with Gasteiger partial charge < -0.3 is 4.74 Å². The van der Waals surface area contributed by atoms with Crippen LogP contribution in [0.2, 0.25) is 0 Å². The van der Waals surface area contributed by atoms with Gasteiger partial charge in [0.15, 0.2) is 0 Å². The van der Waals surface area contributed by atoms with Gasteiger partial charge in [0.05, 0.1) is 12.7 Å². The van der Waals surface area contributed by atoms with Gasteiger partial charge in [0.25, 0.3) is 0 Å². The number of ether oxygens (including phenoxy) is 1. The highest BCUT2D eigenvalue weighted by Gasteiger charge is 2.10. The molecule has 0 fully saturated rings. The summed E-state index contributed by atoms with van der Waals surface area (Å²) in [5.41, 5.74) is 1.14. The highest BCUT2D eigenvalue weighted by Crippen LogP contribution is 2.11. The molecule has 15 heavy (non-hydrogen) atoms. The Kier molecular flexibility index (Phi) is 5.33. The molecule has 0 aliphatic carbocycles. The van der Waals surface area contributed by atoms with E-state index in [4.69, 9.17) is 4.74 Å². The third-order valence-corrected chi connectivity index (χ3v) is 2.41. The van der Waals surface area contributed by atoms with Gasteiger partial charge in [-0.3, -0.25) is 0 Å². The van der Waals surface area contributed by atoms with Crippen LogP contribution >= 0.6 is 0 Å². The Morgan fingerprint density at radius 1 is 1.27 bits per heavy atom. The number of benzene rings is 1. The normalized spacial score (nSPS) is 14.9. The van der Waals surface area contributed by atoms with E-state index >= 15 is 0 Å². The first-order chi connectivity index (χ1) is 7.22. The zero-order chi connectivity index (χ0) is 11.1. The monoisotopic (exact) mass is 210 g/mol. The summed E-state index contributed by atoms with van der Waals surface area (Å²) in [5.74, 6) is 0. The second kappa shape index (κ2) is 6.57. The Balaban J connectivity index is 2.25. The van der Waals surface area contributed by atoms with Crippen molar-refractivity contribution in [3.8, 4) is 0 Å². The number of hydrogen-bond donors (Lipinski definition) is 0. The fourth-order valence-corrected chi connectivity index (χ4v) is 1.41. The second-order valence-electron chi connectivity index (χ2n) is 3.85. The van der Waals surface area contributed by atoms with Crippen LogP contribution in [0.3, 0.4) is 0 Å². The smallest absolute Gasteiger partial charge is 0.102 e. The van der Waals surface area contributed by atoms with E-state index in [9.17, 15) is 4.39 Å². The molecule has 0 amide bonds. The van der Waals surface area contributed by atoms with Crippen molar-refractivity contribution in [2.24, 2.45) is 0 Å². The summed E-state index contributed by atoms with van der Waals surface area (Å²) < 4.78 is 18.6. The first-order valence-electron chi connectivity index (χ1n) is 5.52. The molecule has 1 aromatic rings. The highest BCUT2D eigenvalue weighted by molar-refractivity contribution is 5.13. The molecule has 0 radical (unpaired) electrons. The van der Waals surface area contributed by atoms with E-state index in [1.807, 2.05) is 44.2 Å². The fraction of sp³-hybridized carbons (Fsp3) is 0.538. The molecule has 2 heteroatoms. The van der Waals surface area contributed by atoms with Crippen molar-refractivity contribution in [1.29, 1.82) is 0 Å². The van der Waals surface area contributed by atoms with Crippen LogP contribution in [0.4, 0.5) is 4.39 Å². The molecule has 0 aliphatic heterocycles. The van der Waals surface area contributed by atoms with Crippen molar-refractivity contribution in [2.75, 3.05) is 0 Å². The average molecular weight is 210 g/mol. The Labute approximate surface area is 91.3 Å². The molecule has 0 spiro atoms. The van der Waals surface area contributed by atoms with Gasteiger partial charge in [-0.25, -0.2) is 4.39 Å². The maximum Gasteiger partial charge on any atom is 0.102 e. The van der Waals surface area contributed by atoms with Gasteiger partial charge in [-0.1, -0.05) is 37.3 Å². The molecule has 0 saturated carbocycles. The Morgan fingerprint density at radius 3 is 2.53 bits per heavy atom. The van der Waals surface area contributed by atoms with Crippen molar-refractivity contribution in [1.82, 2.24) is 0 Å². The lowest BCUT2D eigenvalue weighted by Gasteiger charge is -2.14. The zero-order valence-corrected chi connectivity index (χ0v) is 9.45. The van der Waals surface area contributed by atoms with Crippen LogP contribution in [0, 0.1) is 0 Å². The SMILES string of the molecule is CCC(F)CC(C)OCc1ccccc1. The van der Waals surface area contributed by atoms with E-state index in [0.717, 1.165) is 5.56 Å². The van der Waals surface area contributed by atoms with Crippen molar-refractivity contribution in [3.05, 3.63) is 35.9 Å². The minimum absolute atomic E-state index is 0.0137. The number of alkyl halides is 1. The standard InChI is InChI=1S/C13H19FO/c1-3-13(14)9-11(2)15-10-12-7-5-4-6-8-12/h4-8,11,13H,3,9-10H2,1-2H3. The molecule has 0 saturated heterocycles. The number of hydrogen-bond acceptors (Lipinski definition) is 1. The molecule has 0 N–H and O–H groups in total. The fourth-order valence-electron chi connectivity index (χ4n) is 1.41. The third-order valence-electron chi connectivity index (χ3n) is 2.41. The van der Waals surface area contributed by atoms with Gasteiger partial charge in [-0.2, -0.15) is 0 Å². The average Bonchev–Trinajstić information content (AvgIpc) is 2.27. The second-order valence-corrected chi connectivity index (χ2v) is 3.85. The molecule has 1 aromatic carbocycles. The van der Waals surface area contributed by atoms with Crippen molar-refractivity contribution in [3.63, 3.8) is 0 Å². The van der Waals surface area contributed by atoms with E-state index in [1.165, 1.54) is 0 Å². The van der Waals surface area contributed by atoms with Crippen molar-refractivity contribution < 1.29 is 9.13 Å². The molecule has 2 atom stereocenters. The van der Waals surface area contributed by atoms with E-state index in [-0.39, 0.29) is 6.10 Å². The molecule has 1 nitrogen and oxygen atoms in total. The predicted octanol–water partition coefficient (Wildman–Crippen LogP) is 3.73. The van der Waals surface area contributed by atoms with Gasteiger partial charge in [-0.05, 0) is 18.9 Å². The lowest BCUT2D eigenvalue weighted by Crippen LogP contribution is -2.14. The molecule has 0 aliphatic rings. The van der Waals surface area contributed by atoms with Crippen LogP contribution in [-0.4, -0.2) is 12.3 Å². The summed E-state index contributed by atoms with van der Waals surface area (Å²) in [6.07, 6.45) is 0.304. The first kappa shape index (κ1) is 12.2. The summed E-state index contributed by atoms with van der Waals surface area (Å²) in [5, 5.41) is 0. The lowest BCUT2D eigenvalue weighted by atomic mass is 10.1. The van der Waals surface area contributed by atoms with Crippen molar-refractivity contribution in [2.45, 2.75) is 45.6 Å². The maximum absolute atomic E-state index is 13.0. The molecule has 0 aromatic heterocycles. The van der Waals surface area contributed by atoms with Crippen LogP contribution in [0.1, 0.15) is 32.3 Å². The maximum atomic E-state index is 13.0. The van der Waals surface area contributed by atoms with Crippen LogP contribution in [-0.2, 0) is 11.3 Å². The topological polar surface area (TPSA) is 9.23 Å². The minimum Gasteiger partial charge on any atom is -0.374 e. The number of halogens is 1. The highest BCUT2D eigenvalue weighted by atomic mass is 19.1. The van der Waals surface area contributed by atoms with Gasteiger partial charge in [-0.15, -0.1) is 0 Å². The largest absolute Gasteiger partial charge is 0.374 e. The zero-order valence-electron chi connectivity index (χ0n) is 9.45. The summed E-state index contributed by atoms with van der Waals surface area (Å²) in [6, 6.07) is 9.96. The van der Waals surface area contributed by atoms with Crippen LogP contribution in [0.25, 0.3) is 0 Å². The molecular formula is C13H19FO.